The molecular weight excluding hydrogens is 126 g/mol. The summed E-state index contributed by atoms with van der Waals surface area (Å²) in [6.45, 7) is 6.59. The smallest absolute Gasteiger partial charge is 0.0506 e. The van der Waals surface area contributed by atoms with Crippen LogP contribution < -0.4 is 5.73 Å². The third kappa shape index (κ3) is 4.77. The van der Waals surface area contributed by atoms with Crippen LogP contribution in [0, 0.1) is 5.92 Å². The van der Waals surface area contributed by atoms with E-state index in [9.17, 15) is 0 Å². The molecule has 10 heavy (non-hydrogen) atoms. The highest BCUT2D eigenvalue weighted by Gasteiger charge is 2.03. The highest BCUT2D eigenvalue weighted by atomic mass is 16.5. The van der Waals surface area contributed by atoms with Crippen LogP contribution in [-0.2, 0) is 4.74 Å². The fraction of sp³-hybridized carbons (Fsp3) is 1.00. The summed E-state index contributed by atoms with van der Waals surface area (Å²) in [5.74, 6) is 0.574. The van der Waals surface area contributed by atoms with Crippen LogP contribution in [-0.4, -0.2) is 19.8 Å². The largest absolute Gasteiger partial charge is 0.381 e. The third-order valence-corrected chi connectivity index (χ3v) is 1.59. The van der Waals surface area contributed by atoms with Gasteiger partial charge < -0.3 is 10.5 Å². The van der Waals surface area contributed by atoms with Gasteiger partial charge in [0, 0.05) is 6.61 Å². The topological polar surface area (TPSA) is 35.2 Å². The summed E-state index contributed by atoms with van der Waals surface area (Å²) in [6, 6.07) is 0. The molecule has 0 amide bonds. The van der Waals surface area contributed by atoms with Crippen LogP contribution in [0.25, 0.3) is 0 Å². The predicted molar refractivity (Wildman–Crippen MR) is 43.9 cm³/mol. The van der Waals surface area contributed by atoms with E-state index in [2.05, 4.69) is 6.92 Å². The lowest BCUT2D eigenvalue weighted by Crippen LogP contribution is -2.19. The molecule has 0 radical (unpaired) electrons. The molecule has 0 bridgehead atoms. The zero-order valence-corrected chi connectivity index (χ0v) is 7.10. The van der Waals surface area contributed by atoms with Crippen molar-refractivity contribution in [3.63, 3.8) is 0 Å². The van der Waals surface area contributed by atoms with Crippen LogP contribution in [0.5, 0.6) is 0 Å². The van der Waals surface area contributed by atoms with Crippen molar-refractivity contribution in [3.05, 3.63) is 0 Å². The number of hydrogen-bond donors (Lipinski definition) is 1. The Labute approximate surface area is 63.7 Å². The second kappa shape index (κ2) is 7.03. The summed E-state index contributed by atoms with van der Waals surface area (Å²) in [7, 11) is 0. The summed E-state index contributed by atoms with van der Waals surface area (Å²) in [5, 5.41) is 0. The molecule has 0 aliphatic rings. The molecule has 0 fully saturated rings. The number of hydrogen-bond acceptors (Lipinski definition) is 2. The average molecular weight is 145 g/mol. The van der Waals surface area contributed by atoms with Crippen molar-refractivity contribution in [3.8, 4) is 0 Å². The Morgan fingerprint density at radius 2 is 2.10 bits per heavy atom. The van der Waals surface area contributed by atoms with E-state index in [1.54, 1.807) is 0 Å². The molecule has 0 rings (SSSR count). The van der Waals surface area contributed by atoms with Crippen molar-refractivity contribution in [2.75, 3.05) is 19.8 Å². The molecule has 0 aliphatic heterocycles. The first kappa shape index (κ1) is 9.92. The first-order valence-electron chi connectivity index (χ1n) is 4.12. The minimum atomic E-state index is 0.574. The zero-order chi connectivity index (χ0) is 7.82. The van der Waals surface area contributed by atoms with Gasteiger partial charge >= 0.3 is 0 Å². The van der Waals surface area contributed by atoms with E-state index in [0.29, 0.717) is 5.92 Å². The maximum absolute atomic E-state index is 5.52. The van der Waals surface area contributed by atoms with Gasteiger partial charge in [-0.05, 0) is 25.8 Å². The Bertz CT molecular complexity index is 66.3. The highest BCUT2D eigenvalue weighted by Crippen LogP contribution is 2.04. The molecule has 62 valence electrons. The van der Waals surface area contributed by atoms with E-state index in [4.69, 9.17) is 10.5 Å². The second-order valence-electron chi connectivity index (χ2n) is 2.55. The Morgan fingerprint density at radius 1 is 1.40 bits per heavy atom. The van der Waals surface area contributed by atoms with Crippen molar-refractivity contribution < 1.29 is 4.74 Å². The van der Waals surface area contributed by atoms with Crippen molar-refractivity contribution in [2.24, 2.45) is 11.7 Å². The van der Waals surface area contributed by atoms with E-state index >= 15 is 0 Å². The molecule has 0 aromatic heterocycles. The minimum absolute atomic E-state index is 0.574. The summed E-state index contributed by atoms with van der Waals surface area (Å²) in [6.07, 6.45) is 2.39. The van der Waals surface area contributed by atoms with Crippen molar-refractivity contribution >= 4 is 0 Å². The van der Waals surface area contributed by atoms with Gasteiger partial charge in [-0.3, -0.25) is 0 Å². The van der Waals surface area contributed by atoms with Gasteiger partial charge in [-0.25, -0.2) is 0 Å². The Hall–Kier alpha value is -0.0800. The van der Waals surface area contributed by atoms with Gasteiger partial charge in [0.15, 0.2) is 0 Å². The molecule has 2 heteroatoms. The Balaban J connectivity index is 3.21. The molecule has 1 atom stereocenters. The summed E-state index contributed by atoms with van der Waals surface area (Å²) in [5.41, 5.74) is 5.52. The normalized spacial score (nSPS) is 13.5. The van der Waals surface area contributed by atoms with Crippen LogP contribution in [0.4, 0.5) is 0 Å². The van der Waals surface area contributed by atoms with Crippen LogP contribution in [0.15, 0.2) is 0 Å². The van der Waals surface area contributed by atoms with Crippen LogP contribution in [0.2, 0.25) is 0 Å². The summed E-state index contributed by atoms with van der Waals surface area (Å²) < 4.78 is 5.26. The zero-order valence-electron chi connectivity index (χ0n) is 7.10. The van der Waals surface area contributed by atoms with Crippen LogP contribution in [0.1, 0.15) is 26.7 Å². The van der Waals surface area contributed by atoms with Crippen molar-refractivity contribution in [1.82, 2.24) is 0 Å². The van der Waals surface area contributed by atoms with Gasteiger partial charge in [-0.15, -0.1) is 0 Å². The van der Waals surface area contributed by atoms with Crippen molar-refractivity contribution in [1.29, 1.82) is 0 Å². The molecule has 2 N–H and O–H groups in total. The van der Waals surface area contributed by atoms with E-state index < -0.39 is 0 Å². The monoisotopic (exact) mass is 145 g/mol. The standard InChI is InChI=1S/C8H19NO/c1-3-5-8(6-9)7-10-4-2/h8H,3-7,9H2,1-2H3. The Kier molecular flexibility index (Phi) is 6.98. The Morgan fingerprint density at radius 3 is 2.50 bits per heavy atom. The maximum Gasteiger partial charge on any atom is 0.0506 e. The van der Waals surface area contributed by atoms with Gasteiger partial charge in [0.1, 0.15) is 0 Å². The first-order chi connectivity index (χ1) is 4.85. The molecule has 0 spiro atoms. The maximum atomic E-state index is 5.52. The molecule has 0 saturated carbocycles. The quantitative estimate of drug-likeness (QED) is 0.613. The summed E-state index contributed by atoms with van der Waals surface area (Å²) >= 11 is 0. The molecule has 0 aromatic carbocycles. The second-order valence-corrected chi connectivity index (χ2v) is 2.55. The fourth-order valence-corrected chi connectivity index (χ4v) is 0.962. The van der Waals surface area contributed by atoms with E-state index in [0.717, 1.165) is 19.8 Å². The van der Waals surface area contributed by atoms with Gasteiger partial charge in [0.05, 0.1) is 6.61 Å². The molecular formula is C8H19NO. The van der Waals surface area contributed by atoms with Crippen LogP contribution >= 0.6 is 0 Å². The van der Waals surface area contributed by atoms with Crippen LogP contribution in [0.3, 0.4) is 0 Å². The lowest BCUT2D eigenvalue weighted by molar-refractivity contribution is 0.109. The lowest BCUT2D eigenvalue weighted by Gasteiger charge is -2.12. The van der Waals surface area contributed by atoms with Gasteiger partial charge in [-0.1, -0.05) is 13.3 Å². The number of rotatable bonds is 6. The molecule has 0 heterocycles. The van der Waals surface area contributed by atoms with Gasteiger partial charge in [0.25, 0.3) is 0 Å². The molecule has 0 aromatic rings. The molecule has 0 saturated heterocycles. The number of ether oxygens (including phenoxy) is 1. The fourth-order valence-electron chi connectivity index (χ4n) is 0.962. The van der Waals surface area contributed by atoms with E-state index in [1.807, 2.05) is 6.92 Å². The highest BCUT2D eigenvalue weighted by molar-refractivity contribution is 4.56. The van der Waals surface area contributed by atoms with Gasteiger partial charge in [-0.2, -0.15) is 0 Å². The molecule has 1 unspecified atom stereocenters. The predicted octanol–water partition coefficient (Wildman–Crippen LogP) is 1.40. The third-order valence-electron chi connectivity index (χ3n) is 1.59. The molecule has 0 aliphatic carbocycles. The van der Waals surface area contributed by atoms with Gasteiger partial charge in [0.2, 0.25) is 0 Å². The lowest BCUT2D eigenvalue weighted by atomic mass is 10.1. The minimum Gasteiger partial charge on any atom is -0.381 e. The average Bonchev–Trinajstić information content (AvgIpc) is 1.98. The van der Waals surface area contributed by atoms with E-state index in [-0.39, 0.29) is 0 Å². The van der Waals surface area contributed by atoms with E-state index in [1.165, 1.54) is 12.8 Å². The SMILES string of the molecule is CCCC(CN)COCC. The number of nitrogens with two attached hydrogens (primary N) is 1. The van der Waals surface area contributed by atoms with Crippen molar-refractivity contribution in [2.45, 2.75) is 26.7 Å². The first-order valence-corrected chi connectivity index (χ1v) is 4.12. The summed E-state index contributed by atoms with van der Waals surface area (Å²) in [4.78, 5) is 0. The molecule has 2 nitrogen and oxygen atoms in total.